The molecular weight excluding hydrogens is 190 g/mol. The molecule has 0 aliphatic rings. The van der Waals surface area contributed by atoms with Crippen LogP contribution in [0.2, 0.25) is 0 Å². The molecule has 0 amide bonds. The fourth-order valence-electron chi connectivity index (χ4n) is 1.71. The zero-order valence-electron chi connectivity index (χ0n) is 8.82. The van der Waals surface area contributed by atoms with Crippen LogP contribution >= 0.6 is 0 Å². The topological polar surface area (TPSA) is 48.4 Å². The van der Waals surface area contributed by atoms with Gasteiger partial charge in [0.05, 0.1) is 13.4 Å². The first-order valence-electron chi connectivity index (χ1n) is 5.09. The SMILES string of the molecule is COc1cc2ccoc2cc1CCCN. The Balaban J connectivity index is 2.40. The summed E-state index contributed by atoms with van der Waals surface area (Å²) in [6.07, 6.45) is 3.58. The van der Waals surface area contributed by atoms with Gasteiger partial charge in [-0.25, -0.2) is 0 Å². The largest absolute Gasteiger partial charge is 0.496 e. The summed E-state index contributed by atoms with van der Waals surface area (Å²) >= 11 is 0. The van der Waals surface area contributed by atoms with Gasteiger partial charge in [-0.05, 0) is 43.1 Å². The summed E-state index contributed by atoms with van der Waals surface area (Å²) in [5.41, 5.74) is 7.56. The Morgan fingerprint density at radius 1 is 1.40 bits per heavy atom. The van der Waals surface area contributed by atoms with Crippen LogP contribution in [-0.2, 0) is 6.42 Å². The molecule has 3 nitrogen and oxygen atoms in total. The van der Waals surface area contributed by atoms with Crippen molar-refractivity contribution in [3.05, 3.63) is 30.0 Å². The molecule has 1 heterocycles. The van der Waals surface area contributed by atoms with Gasteiger partial charge in [0.2, 0.25) is 0 Å². The maximum Gasteiger partial charge on any atom is 0.134 e. The van der Waals surface area contributed by atoms with Crippen LogP contribution in [0, 0.1) is 0 Å². The van der Waals surface area contributed by atoms with Crippen LogP contribution in [0.15, 0.2) is 28.9 Å². The lowest BCUT2D eigenvalue weighted by Gasteiger charge is -2.07. The summed E-state index contributed by atoms with van der Waals surface area (Å²) < 4.78 is 10.7. The van der Waals surface area contributed by atoms with Crippen molar-refractivity contribution >= 4 is 11.0 Å². The van der Waals surface area contributed by atoms with E-state index in [1.54, 1.807) is 13.4 Å². The van der Waals surface area contributed by atoms with Crippen molar-refractivity contribution in [2.75, 3.05) is 13.7 Å². The lowest BCUT2D eigenvalue weighted by molar-refractivity contribution is 0.409. The van der Waals surface area contributed by atoms with Gasteiger partial charge in [-0.15, -0.1) is 0 Å². The summed E-state index contributed by atoms with van der Waals surface area (Å²) in [4.78, 5) is 0. The first kappa shape index (κ1) is 10.1. The minimum Gasteiger partial charge on any atom is -0.496 e. The maximum atomic E-state index is 5.50. The number of hydrogen-bond donors (Lipinski definition) is 1. The molecule has 0 unspecified atom stereocenters. The predicted molar refractivity (Wildman–Crippen MR) is 60.1 cm³/mol. The number of aryl methyl sites for hydroxylation is 1. The zero-order valence-corrected chi connectivity index (χ0v) is 8.82. The monoisotopic (exact) mass is 205 g/mol. The van der Waals surface area contributed by atoms with E-state index >= 15 is 0 Å². The summed E-state index contributed by atoms with van der Waals surface area (Å²) in [5.74, 6) is 0.914. The normalized spacial score (nSPS) is 10.8. The highest BCUT2D eigenvalue weighted by atomic mass is 16.5. The molecule has 2 N–H and O–H groups in total. The number of benzene rings is 1. The summed E-state index contributed by atoms with van der Waals surface area (Å²) in [6.45, 7) is 0.694. The highest BCUT2D eigenvalue weighted by Gasteiger charge is 2.06. The molecule has 2 aromatic rings. The third-order valence-corrected chi connectivity index (χ3v) is 2.51. The molecule has 1 aromatic carbocycles. The number of fused-ring (bicyclic) bond motifs is 1. The molecule has 15 heavy (non-hydrogen) atoms. The minimum atomic E-state index is 0.694. The number of hydrogen-bond acceptors (Lipinski definition) is 3. The van der Waals surface area contributed by atoms with Crippen molar-refractivity contribution in [1.29, 1.82) is 0 Å². The van der Waals surface area contributed by atoms with E-state index in [-0.39, 0.29) is 0 Å². The van der Waals surface area contributed by atoms with Crippen LogP contribution in [-0.4, -0.2) is 13.7 Å². The molecule has 0 radical (unpaired) electrons. The molecule has 0 bridgehead atoms. The Kier molecular flexibility index (Phi) is 2.92. The average molecular weight is 205 g/mol. The van der Waals surface area contributed by atoms with E-state index in [2.05, 4.69) is 0 Å². The third kappa shape index (κ3) is 1.97. The quantitative estimate of drug-likeness (QED) is 0.833. The summed E-state index contributed by atoms with van der Waals surface area (Å²) in [7, 11) is 1.69. The van der Waals surface area contributed by atoms with Crippen LogP contribution in [0.5, 0.6) is 5.75 Å². The lowest BCUT2D eigenvalue weighted by atomic mass is 10.1. The van der Waals surface area contributed by atoms with E-state index in [4.69, 9.17) is 14.9 Å². The van der Waals surface area contributed by atoms with Gasteiger partial charge in [0.25, 0.3) is 0 Å². The molecule has 0 saturated carbocycles. The molecular formula is C12H15NO2. The lowest BCUT2D eigenvalue weighted by Crippen LogP contribution is -2.01. The fraction of sp³-hybridized carbons (Fsp3) is 0.333. The fourth-order valence-corrected chi connectivity index (χ4v) is 1.71. The van der Waals surface area contributed by atoms with Crippen LogP contribution in [0.1, 0.15) is 12.0 Å². The Bertz CT molecular complexity index is 448. The van der Waals surface area contributed by atoms with Gasteiger partial charge in [-0.3, -0.25) is 0 Å². The molecule has 1 aromatic heterocycles. The van der Waals surface area contributed by atoms with Crippen molar-refractivity contribution in [3.63, 3.8) is 0 Å². The maximum absolute atomic E-state index is 5.50. The van der Waals surface area contributed by atoms with Crippen LogP contribution in [0.4, 0.5) is 0 Å². The molecule has 80 valence electrons. The number of ether oxygens (including phenoxy) is 1. The molecule has 0 atom stereocenters. The van der Waals surface area contributed by atoms with E-state index in [1.807, 2.05) is 18.2 Å². The van der Waals surface area contributed by atoms with Gasteiger partial charge in [0, 0.05) is 5.39 Å². The highest BCUT2D eigenvalue weighted by Crippen LogP contribution is 2.27. The molecule has 0 aliphatic carbocycles. The Morgan fingerprint density at radius 2 is 2.27 bits per heavy atom. The smallest absolute Gasteiger partial charge is 0.134 e. The molecule has 0 aliphatic heterocycles. The van der Waals surface area contributed by atoms with Crippen molar-refractivity contribution < 1.29 is 9.15 Å². The Morgan fingerprint density at radius 3 is 3.00 bits per heavy atom. The number of furan rings is 1. The molecule has 0 saturated heterocycles. The molecule has 2 rings (SSSR count). The van der Waals surface area contributed by atoms with Gasteiger partial charge in [-0.2, -0.15) is 0 Å². The Hall–Kier alpha value is -1.48. The van der Waals surface area contributed by atoms with E-state index in [9.17, 15) is 0 Å². The van der Waals surface area contributed by atoms with E-state index < -0.39 is 0 Å². The van der Waals surface area contributed by atoms with Gasteiger partial charge >= 0.3 is 0 Å². The van der Waals surface area contributed by atoms with Crippen molar-refractivity contribution in [2.24, 2.45) is 5.73 Å². The van der Waals surface area contributed by atoms with Crippen LogP contribution < -0.4 is 10.5 Å². The van der Waals surface area contributed by atoms with E-state index in [0.717, 1.165) is 35.1 Å². The second kappa shape index (κ2) is 4.36. The first-order valence-corrected chi connectivity index (χ1v) is 5.09. The van der Waals surface area contributed by atoms with Crippen molar-refractivity contribution in [1.82, 2.24) is 0 Å². The number of methoxy groups -OCH3 is 1. The minimum absolute atomic E-state index is 0.694. The number of nitrogens with two attached hydrogens (primary N) is 1. The standard InChI is InChI=1S/C12H15NO2/c1-14-11-7-10-4-6-15-12(10)8-9(11)3-2-5-13/h4,6-8H,2-3,5,13H2,1H3. The molecule has 3 heteroatoms. The van der Waals surface area contributed by atoms with Gasteiger partial charge < -0.3 is 14.9 Å². The second-order valence-electron chi connectivity index (χ2n) is 3.51. The summed E-state index contributed by atoms with van der Waals surface area (Å²) in [5, 5.41) is 1.07. The van der Waals surface area contributed by atoms with Crippen molar-refractivity contribution in [3.8, 4) is 5.75 Å². The average Bonchev–Trinajstić information content (AvgIpc) is 2.71. The predicted octanol–water partition coefficient (Wildman–Crippen LogP) is 2.33. The first-order chi connectivity index (χ1) is 7.35. The second-order valence-corrected chi connectivity index (χ2v) is 3.51. The van der Waals surface area contributed by atoms with Crippen LogP contribution in [0.25, 0.3) is 11.0 Å². The highest BCUT2D eigenvalue weighted by molar-refractivity contribution is 5.80. The summed E-state index contributed by atoms with van der Waals surface area (Å²) in [6, 6.07) is 5.97. The van der Waals surface area contributed by atoms with Gasteiger partial charge in [-0.1, -0.05) is 0 Å². The molecule has 0 spiro atoms. The van der Waals surface area contributed by atoms with Crippen LogP contribution in [0.3, 0.4) is 0 Å². The van der Waals surface area contributed by atoms with Gasteiger partial charge in [0.15, 0.2) is 0 Å². The van der Waals surface area contributed by atoms with E-state index in [1.165, 1.54) is 0 Å². The van der Waals surface area contributed by atoms with E-state index in [0.29, 0.717) is 6.54 Å². The zero-order chi connectivity index (χ0) is 10.7. The Labute approximate surface area is 88.8 Å². The number of rotatable bonds is 4. The molecule has 0 fully saturated rings. The third-order valence-electron chi connectivity index (χ3n) is 2.51. The van der Waals surface area contributed by atoms with Crippen molar-refractivity contribution in [2.45, 2.75) is 12.8 Å². The van der Waals surface area contributed by atoms with Gasteiger partial charge in [0.1, 0.15) is 11.3 Å².